The van der Waals surface area contributed by atoms with Gasteiger partial charge in [-0.3, -0.25) is 14.9 Å². The third-order valence-corrected chi connectivity index (χ3v) is 4.51. The van der Waals surface area contributed by atoms with Crippen LogP contribution < -0.4 is 14.8 Å². The topological polar surface area (TPSA) is 117 Å². The predicted octanol–water partition coefficient (Wildman–Crippen LogP) is 4.79. The maximum absolute atomic E-state index is 12.3. The van der Waals surface area contributed by atoms with E-state index in [4.69, 9.17) is 14.0 Å². The van der Waals surface area contributed by atoms with Crippen LogP contribution in [0.4, 0.5) is 11.4 Å². The van der Waals surface area contributed by atoms with Crippen molar-refractivity contribution in [3.63, 3.8) is 0 Å². The minimum absolute atomic E-state index is 0.0543. The van der Waals surface area contributed by atoms with Gasteiger partial charge in [-0.25, -0.2) is 0 Å². The molecule has 0 bridgehead atoms. The first-order valence-corrected chi connectivity index (χ1v) is 9.93. The number of rotatable bonds is 9. The molecule has 1 heterocycles. The fraction of sp³-hybridized carbons (Fsp3) is 0.217. The Morgan fingerprint density at radius 1 is 1.16 bits per heavy atom. The average molecular weight is 437 g/mol. The quantitative estimate of drug-likeness (QED) is 0.378. The molecule has 166 valence electrons. The van der Waals surface area contributed by atoms with E-state index in [1.165, 1.54) is 13.0 Å². The molecular formula is C23H23N3O6. The molecule has 0 saturated heterocycles. The highest BCUT2D eigenvalue weighted by molar-refractivity contribution is 5.92. The van der Waals surface area contributed by atoms with Crippen molar-refractivity contribution in [3.8, 4) is 11.5 Å². The smallest absolute Gasteiger partial charge is 0.338 e. The van der Waals surface area contributed by atoms with Crippen LogP contribution in [0.15, 0.2) is 47.0 Å². The van der Waals surface area contributed by atoms with Gasteiger partial charge in [0, 0.05) is 5.69 Å². The largest absolute Gasteiger partial charge is 0.490 e. The lowest BCUT2D eigenvalue weighted by atomic mass is 10.1. The second-order valence-electron chi connectivity index (χ2n) is 6.86. The number of ether oxygens (including phenoxy) is 2. The number of carbonyl (C=O) groups is 1. The number of aromatic nitrogens is 1. The van der Waals surface area contributed by atoms with Gasteiger partial charge >= 0.3 is 5.69 Å². The van der Waals surface area contributed by atoms with Gasteiger partial charge in [0.25, 0.3) is 5.91 Å². The van der Waals surface area contributed by atoms with Crippen LogP contribution in [0.25, 0.3) is 12.2 Å². The van der Waals surface area contributed by atoms with Crippen molar-refractivity contribution in [2.24, 2.45) is 0 Å². The molecule has 0 radical (unpaired) electrons. The van der Waals surface area contributed by atoms with Gasteiger partial charge in [-0.15, -0.1) is 0 Å². The summed E-state index contributed by atoms with van der Waals surface area (Å²) in [5.74, 6) is 0.615. The summed E-state index contributed by atoms with van der Waals surface area (Å²) >= 11 is 0. The zero-order chi connectivity index (χ0) is 23.1. The summed E-state index contributed by atoms with van der Waals surface area (Å²) in [6.07, 6.45) is 3.11. The lowest BCUT2D eigenvalue weighted by Gasteiger charge is -2.13. The van der Waals surface area contributed by atoms with Crippen LogP contribution in [-0.2, 0) is 4.79 Å². The Morgan fingerprint density at radius 3 is 2.66 bits per heavy atom. The number of nitro groups is 1. The summed E-state index contributed by atoms with van der Waals surface area (Å²) in [7, 11) is 0. The fourth-order valence-corrected chi connectivity index (χ4v) is 2.94. The molecule has 0 spiro atoms. The zero-order valence-corrected chi connectivity index (χ0v) is 18.0. The van der Waals surface area contributed by atoms with E-state index >= 15 is 0 Å². The van der Waals surface area contributed by atoms with E-state index < -0.39 is 4.92 Å². The number of hydrogen-bond donors (Lipinski definition) is 1. The Hall–Kier alpha value is -4.14. The molecule has 2 aromatic carbocycles. The summed E-state index contributed by atoms with van der Waals surface area (Å²) < 4.78 is 16.3. The molecule has 9 heteroatoms. The first-order valence-electron chi connectivity index (χ1n) is 9.93. The number of para-hydroxylation sites is 1. The molecular weight excluding hydrogens is 414 g/mol. The van der Waals surface area contributed by atoms with E-state index in [2.05, 4.69) is 10.5 Å². The molecule has 1 aromatic heterocycles. The van der Waals surface area contributed by atoms with Crippen LogP contribution in [0, 0.1) is 24.0 Å². The Bertz CT molecular complexity index is 1150. The Balaban J connectivity index is 1.71. The number of benzene rings is 2. The highest BCUT2D eigenvalue weighted by atomic mass is 16.6. The molecule has 0 unspecified atom stereocenters. The van der Waals surface area contributed by atoms with E-state index in [0.717, 1.165) is 11.3 Å². The molecule has 3 rings (SSSR count). The minimum atomic E-state index is -0.532. The highest BCUT2D eigenvalue weighted by Gasteiger charge is 2.22. The van der Waals surface area contributed by atoms with Crippen molar-refractivity contribution in [1.29, 1.82) is 0 Å². The second kappa shape index (κ2) is 10.3. The Labute approximate surface area is 184 Å². The van der Waals surface area contributed by atoms with E-state index in [1.807, 2.05) is 38.1 Å². The van der Waals surface area contributed by atoms with Crippen molar-refractivity contribution in [3.05, 3.63) is 75.2 Å². The summed E-state index contributed by atoms with van der Waals surface area (Å²) in [5.41, 5.74) is 2.41. The molecule has 0 atom stereocenters. The summed E-state index contributed by atoms with van der Waals surface area (Å²) in [6, 6.07) is 12.6. The van der Waals surface area contributed by atoms with Gasteiger partial charge in [0.1, 0.15) is 0 Å². The molecule has 1 amide bonds. The van der Waals surface area contributed by atoms with Gasteiger partial charge in [-0.05, 0) is 56.2 Å². The molecule has 0 saturated carbocycles. The lowest BCUT2D eigenvalue weighted by molar-refractivity contribution is -0.386. The van der Waals surface area contributed by atoms with Crippen molar-refractivity contribution < 1.29 is 23.7 Å². The molecule has 9 nitrogen and oxygen atoms in total. The lowest BCUT2D eigenvalue weighted by Crippen LogP contribution is -2.20. The summed E-state index contributed by atoms with van der Waals surface area (Å²) in [4.78, 5) is 22.9. The molecule has 32 heavy (non-hydrogen) atoms. The molecule has 1 N–H and O–H groups in total. The standard InChI is InChI=1S/C23H23N3O6/c1-4-30-21-13-17(10-12-20-23(26(28)29)16(3)25-32-20)9-11-19(21)31-14-22(27)24-18-8-6-5-7-15(18)2/h5-13H,4,14H2,1-3H3,(H,24,27)/b12-10+. The third kappa shape index (κ3) is 5.51. The van der Waals surface area contributed by atoms with Gasteiger partial charge in [0.15, 0.2) is 23.8 Å². The third-order valence-electron chi connectivity index (χ3n) is 4.51. The zero-order valence-electron chi connectivity index (χ0n) is 18.0. The van der Waals surface area contributed by atoms with E-state index in [0.29, 0.717) is 23.7 Å². The van der Waals surface area contributed by atoms with Crippen LogP contribution in [0.3, 0.4) is 0 Å². The predicted molar refractivity (Wildman–Crippen MR) is 120 cm³/mol. The number of aryl methyl sites for hydroxylation is 2. The first kappa shape index (κ1) is 22.5. The van der Waals surface area contributed by atoms with Crippen molar-refractivity contribution in [2.45, 2.75) is 20.8 Å². The van der Waals surface area contributed by atoms with Gasteiger partial charge in [0.05, 0.1) is 11.5 Å². The monoisotopic (exact) mass is 437 g/mol. The molecule has 0 fully saturated rings. The van der Waals surface area contributed by atoms with Gasteiger partial charge in [-0.1, -0.05) is 35.5 Å². The molecule has 0 aliphatic carbocycles. The first-order chi connectivity index (χ1) is 15.4. The Morgan fingerprint density at radius 2 is 1.94 bits per heavy atom. The summed E-state index contributed by atoms with van der Waals surface area (Å²) in [6.45, 7) is 5.45. The van der Waals surface area contributed by atoms with Crippen LogP contribution in [0.5, 0.6) is 11.5 Å². The van der Waals surface area contributed by atoms with Gasteiger partial charge in [-0.2, -0.15) is 0 Å². The minimum Gasteiger partial charge on any atom is -0.490 e. The molecule has 3 aromatic rings. The highest BCUT2D eigenvalue weighted by Crippen LogP contribution is 2.30. The number of nitrogens with zero attached hydrogens (tertiary/aromatic N) is 2. The second-order valence-corrected chi connectivity index (χ2v) is 6.86. The summed E-state index contributed by atoms with van der Waals surface area (Å²) in [5, 5.41) is 17.6. The van der Waals surface area contributed by atoms with Crippen molar-refractivity contribution in [2.75, 3.05) is 18.5 Å². The van der Waals surface area contributed by atoms with Crippen LogP contribution in [0.2, 0.25) is 0 Å². The normalized spacial score (nSPS) is 10.8. The van der Waals surface area contributed by atoms with Crippen molar-refractivity contribution >= 4 is 29.4 Å². The fourth-order valence-electron chi connectivity index (χ4n) is 2.94. The SMILES string of the molecule is CCOc1cc(/C=C/c2onc(C)c2[N+](=O)[O-])ccc1OCC(=O)Nc1ccccc1C. The number of carbonyl (C=O) groups excluding carboxylic acids is 1. The van der Waals surface area contributed by atoms with Crippen LogP contribution in [0.1, 0.15) is 29.5 Å². The number of nitrogens with one attached hydrogen (secondary N) is 1. The van der Waals surface area contributed by atoms with Gasteiger partial charge in [0.2, 0.25) is 5.76 Å². The maximum atomic E-state index is 12.3. The maximum Gasteiger partial charge on any atom is 0.338 e. The molecule has 0 aliphatic heterocycles. The van der Waals surface area contributed by atoms with Crippen LogP contribution in [-0.4, -0.2) is 29.2 Å². The van der Waals surface area contributed by atoms with Crippen molar-refractivity contribution in [1.82, 2.24) is 5.16 Å². The van der Waals surface area contributed by atoms with Gasteiger partial charge < -0.3 is 19.3 Å². The molecule has 0 aliphatic rings. The van der Waals surface area contributed by atoms with E-state index in [1.54, 1.807) is 24.3 Å². The van der Waals surface area contributed by atoms with E-state index in [9.17, 15) is 14.9 Å². The number of hydrogen-bond acceptors (Lipinski definition) is 7. The van der Waals surface area contributed by atoms with Crippen LogP contribution >= 0.6 is 0 Å². The Kier molecular flexibility index (Phi) is 7.22. The average Bonchev–Trinajstić information content (AvgIpc) is 3.14. The number of amides is 1. The van der Waals surface area contributed by atoms with E-state index in [-0.39, 0.29) is 29.7 Å². The number of anilines is 1.